The van der Waals surface area contributed by atoms with E-state index in [1.54, 1.807) is 15.8 Å². The molecule has 0 bridgehead atoms. The molecular formula is C8H12N2O2S. The van der Waals surface area contributed by atoms with Crippen molar-refractivity contribution >= 4 is 17.2 Å². The van der Waals surface area contributed by atoms with Crippen molar-refractivity contribution in [3.8, 4) is 0 Å². The fraction of sp³-hybridized carbons (Fsp3) is 0.500. The van der Waals surface area contributed by atoms with E-state index in [0.717, 1.165) is 0 Å². The molecular weight excluding hydrogens is 188 g/mol. The summed E-state index contributed by atoms with van der Waals surface area (Å²) in [6.07, 6.45) is 0. The Kier molecular flexibility index (Phi) is 3.85. The van der Waals surface area contributed by atoms with Gasteiger partial charge in [-0.15, -0.1) is 11.3 Å². The molecule has 4 nitrogen and oxygen atoms in total. The molecule has 13 heavy (non-hydrogen) atoms. The lowest BCUT2D eigenvalue weighted by molar-refractivity contribution is 0.0727. The smallest absolute Gasteiger partial charge is 0.273 e. The maximum Gasteiger partial charge on any atom is 0.273 e. The zero-order chi connectivity index (χ0) is 9.68. The molecule has 0 unspecified atom stereocenters. The first-order valence-corrected chi connectivity index (χ1v) is 5.02. The number of aliphatic hydroxyl groups excluding tert-OH is 1. The third-order valence-electron chi connectivity index (χ3n) is 1.69. The number of hydrogen-bond donors (Lipinski definition) is 1. The van der Waals surface area contributed by atoms with Gasteiger partial charge in [0.25, 0.3) is 5.91 Å². The number of amides is 1. The summed E-state index contributed by atoms with van der Waals surface area (Å²) in [5.74, 6) is -0.113. The Morgan fingerprint density at radius 2 is 2.54 bits per heavy atom. The molecule has 1 aromatic heterocycles. The van der Waals surface area contributed by atoms with Gasteiger partial charge in [0, 0.05) is 18.5 Å². The largest absolute Gasteiger partial charge is 0.395 e. The van der Waals surface area contributed by atoms with Crippen molar-refractivity contribution in [2.45, 2.75) is 6.92 Å². The number of nitrogens with zero attached hydrogens (tertiary/aromatic N) is 2. The van der Waals surface area contributed by atoms with Crippen LogP contribution in [0, 0.1) is 0 Å². The minimum absolute atomic E-state index is 0.0102. The van der Waals surface area contributed by atoms with E-state index in [-0.39, 0.29) is 12.5 Å². The Morgan fingerprint density at radius 3 is 3.00 bits per heavy atom. The van der Waals surface area contributed by atoms with Crippen molar-refractivity contribution < 1.29 is 9.90 Å². The summed E-state index contributed by atoms with van der Waals surface area (Å²) in [7, 11) is 0. The molecule has 1 rings (SSSR count). The van der Waals surface area contributed by atoms with Gasteiger partial charge >= 0.3 is 0 Å². The molecule has 0 saturated carbocycles. The highest BCUT2D eigenvalue weighted by molar-refractivity contribution is 7.07. The molecule has 0 spiro atoms. The molecule has 0 aliphatic rings. The van der Waals surface area contributed by atoms with Crippen molar-refractivity contribution in [1.29, 1.82) is 0 Å². The van der Waals surface area contributed by atoms with E-state index in [2.05, 4.69) is 4.98 Å². The minimum atomic E-state index is -0.113. The standard InChI is InChI=1S/C8H12N2O2S/c1-2-10(3-4-11)8(12)7-5-13-6-9-7/h5-6,11H,2-4H2,1H3. The maximum absolute atomic E-state index is 11.6. The third-order valence-corrected chi connectivity index (χ3v) is 2.28. The van der Waals surface area contributed by atoms with Crippen LogP contribution in [0.4, 0.5) is 0 Å². The minimum Gasteiger partial charge on any atom is -0.395 e. The molecule has 5 heteroatoms. The van der Waals surface area contributed by atoms with Gasteiger partial charge in [-0.25, -0.2) is 4.98 Å². The highest BCUT2D eigenvalue weighted by Crippen LogP contribution is 2.04. The topological polar surface area (TPSA) is 53.4 Å². The molecule has 1 amide bonds. The quantitative estimate of drug-likeness (QED) is 0.774. The van der Waals surface area contributed by atoms with Crippen LogP contribution in [0.15, 0.2) is 10.9 Å². The number of aliphatic hydroxyl groups is 1. The predicted octanol–water partition coefficient (Wildman–Crippen LogP) is 0.597. The predicted molar refractivity (Wildman–Crippen MR) is 50.8 cm³/mol. The van der Waals surface area contributed by atoms with Crippen LogP contribution in [0.3, 0.4) is 0 Å². The lowest BCUT2D eigenvalue weighted by Gasteiger charge is -2.17. The van der Waals surface area contributed by atoms with E-state index in [4.69, 9.17) is 5.11 Å². The lowest BCUT2D eigenvalue weighted by atomic mass is 10.4. The van der Waals surface area contributed by atoms with Crippen molar-refractivity contribution in [2.75, 3.05) is 19.7 Å². The van der Waals surface area contributed by atoms with Crippen LogP contribution in [0.5, 0.6) is 0 Å². The Bertz CT molecular complexity index is 261. The summed E-state index contributed by atoms with van der Waals surface area (Å²) in [6, 6.07) is 0. The van der Waals surface area contributed by atoms with E-state index in [1.165, 1.54) is 11.3 Å². The first-order valence-electron chi connectivity index (χ1n) is 4.08. The summed E-state index contributed by atoms with van der Waals surface area (Å²) in [6.45, 7) is 2.83. The van der Waals surface area contributed by atoms with Crippen molar-refractivity contribution in [2.24, 2.45) is 0 Å². The molecule has 72 valence electrons. The van der Waals surface area contributed by atoms with Gasteiger partial charge in [-0.05, 0) is 6.92 Å². The Hall–Kier alpha value is -0.940. The Labute approximate surface area is 80.8 Å². The van der Waals surface area contributed by atoms with E-state index in [0.29, 0.717) is 18.8 Å². The second-order valence-corrected chi connectivity index (χ2v) is 3.20. The normalized spacial score (nSPS) is 10.0. The lowest BCUT2D eigenvalue weighted by Crippen LogP contribution is -2.33. The summed E-state index contributed by atoms with van der Waals surface area (Å²) in [5, 5.41) is 10.4. The average molecular weight is 200 g/mol. The van der Waals surface area contributed by atoms with Gasteiger partial charge in [0.2, 0.25) is 0 Å². The van der Waals surface area contributed by atoms with Gasteiger partial charge in [-0.2, -0.15) is 0 Å². The molecule has 0 fully saturated rings. The highest BCUT2D eigenvalue weighted by atomic mass is 32.1. The maximum atomic E-state index is 11.6. The summed E-state index contributed by atoms with van der Waals surface area (Å²) in [4.78, 5) is 17.1. The number of rotatable bonds is 4. The van der Waals surface area contributed by atoms with E-state index >= 15 is 0 Å². The van der Waals surface area contributed by atoms with Crippen LogP contribution in [0.2, 0.25) is 0 Å². The number of thiazole rings is 1. The molecule has 0 saturated heterocycles. The summed E-state index contributed by atoms with van der Waals surface area (Å²) >= 11 is 1.39. The number of likely N-dealkylation sites (N-methyl/N-ethyl adjacent to an activating group) is 1. The molecule has 1 N–H and O–H groups in total. The van der Waals surface area contributed by atoms with E-state index < -0.39 is 0 Å². The zero-order valence-electron chi connectivity index (χ0n) is 7.43. The molecule has 1 aromatic rings. The van der Waals surface area contributed by atoms with E-state index in [9.17, 15) is 4.79 Å². The highest BCUT2D eigenvalue weighted by Gasteiger charge is 2.14. The molecule has 1 heterocycles. The molecule has 0 aromatic carbocycles. The number of hydrogen-bond acceptors (Lipinski definition) is 4. The van der Waals surface area contributed by atoms with Crippen LogP contribution in [0.1, 0.15) is 17.4 Å². The Morgan fingerprint density at radius 1 is 1.77 bits per heavy atom. The fourth-order valence-corrected chi connectivity index (χ4v) is 1.53. The van der Waals surface area contributed by atoms with Crippen LogP contribution in [-0.2, 0) is 0 Å². The van der Waals surface area contributed by atoms with Crippen LogP contribution in [-0.4, -0.2) is 40.6 Å². The zero-order valence-corrected chi connectivity index (χ0v) is 8.25. The first-order chi connectivity index (χ1) is 6.29. The van der Waals surface area contributed by atoms with Crippen LogP contribution >= 0.6 is 11.3 Å². The van der Waals surface area contributed by atoms with Gasteiger partial charge in [-0.3, -0.25) is 4.79 Å². The fourth-order valence-electron chi connectivity index (χ4n) is 1.00. The van der Waals surface area contributed by atoms with Crippen molar-refractivity contribution in [3.63, 3.8) is 0 Å². The van der Waals surface area contributed by atoms with Gasteiger partial charge in [0.1, 0.15) is 5.69 Å². The van der Waals surface area contributed by atoms with Gasteiger partial charge in [0.15, 0.2) is 0 Å². The SMILES string of the molecule is CCN(CCO)C(=O)c1cscn1. The van der Waals surface area contributed by atoms with Crippen LogP contribution < -0.4 is 0 Å². The number of aromatic nitrogens is 1. The molecule has 0 aliphatic heterocycles. The van der Waals surface area contributed by atoms with Gasteiger partial charge < -0.3 is 10.0 Å². The first kappa shape index (κ1) is 10.1. The summed E-state index contributed by atoms with van der Waals surface area (Å²) in [5.41, 5.74) is 2.08. The molecule has 0 atom stereocenters. The van der Waals surface area contributed by atoms with Crippen LogP contribution in [0.25, 0.3) is 0 Å². The van der Waals surface area contributed by atoms with Gasteiger partial charge in [0.05, 0.1) is 12.1 Å². The summed E-state index contributed by atoms with van der Waals surface area (Å²) < 4.78 is 0. The second kappa shape index (κ2) is 4.94. The van der Waals surface area contributed by atoms with Gasteiger partial charge in [-0.1, -0.05) is 0 Å². The Balaban J connectivity index is 2.65. The molecule has 0 radical (unpaired) electrons. The third kappa shape index (κ3) is 2.50. The second-order valence-electron chi connectivity index (χ2n) is 2.48. The number of carbonyl (C=O) groups is 1. The number of carbonyl (C=O) groups excluding carboxylic acids is 1. The average Bonchev–Trinajstić information content (AvgIpc) is 2.65. The van der Waals surface area contributed by atoms with Crippen molar-refractivity contribution in [1.82, 2.24) is 9.88 Å². The van der Waals surface area contributed by atoms with E-state index in [1.807, 2.05) is 6.92 Å². The van der Waals surface area contributed by atoms with Crippen molar-refractivity contribution in [3.05, 3.63) is 16.6 Å². The monoisotopic (exact) mass is 200 g/mol. The molecule has 0 aliphatic carbocycles.